The molecule has 0 unspecified atom stereocenters. The van der Waals surface area contributed by atoms with Crippen LogP contribution >= 0.6 is 11.8 Å². The van der Waals surface area contributed by atoms with Crippen LogP contribution in [0.3, 0.4) is 0 Å². The molecular weight excluding hydrogens is 269 g/mol. The molecular formula is C17H16FNS. The Kier molecular flexibility index (Phi) is 4.81. The van der Waals surface area contributed by atoms with Crippen LogP contribution in [0.25, 0.3) is 0 Å². The minimum atomic E-state index is -0.294. The Labute approximate surface area is 123 Å². The van der Waals surface area contributed by atoms with Crippen molar-refractivity contribution in [1.82, 2.24) is 0 Å². The van der Waals surface area contributed by atoms with Gasteiger partial charge in [-0.15, -0.1) is 0 Å². The largest absolute Gasteiger partial charge is 0.207 e. The summed E-state index contributed by atoms with van der Waals surface area (Å²) >= 11 is 1.68. The van der Waals surface area contributed by atoms with Crippen LogP contribution in [0.15, 0.2) is 36.4 Å². The van der Waals surface area contributed by atoms with E-state index in [0.29, 0.717) is 16.9 Å². The van der Waals surface area contributed by atoms with Crippen LogP contribution in [-0.4, -0.2) is 0 Å². The third-order valence-corrected chi connectivity index (χ3v) is 4.04. The van der Waals surface area contributed by atoms with Gasteiger partial charge in [-0.25, -0.2) is 4.39 Å². The quantitative estimate of drug-likeness (QED) is 0.809. The predicted molar refractivity (Wildman–Crippen MR) is 82.0 cm³/mol. The molecule has 0 aliphatic heterocycles. The second-order valence-corrected chi connectivity index (χ2v) is 5.89. The maximum Gasteiger partial charge on any atom is 0.128 e. The number of hydrogen-bond acceptors (Lipinski definition) is 2. The summed E-state index contributed by atoms with van der Waals surface area (Å²) in [5.74, 6) is 1.18. The number of hydrogen-bond donors (Lipinski definition) is 0. The fourth-order valence-electron chi connectivity index (χ4n) is 2.17. The zero-order chi connectivity index (χ0) is 14.5. The highest BCUT2D eigenvalue weighted by Gasteiger charge is 2.04. The van der Waals surface area contributed by atoms with Crippen molar-refractivity contribution in [3.05, 3.63) is 70.0 Å². The Balaban J connectivity index is 1.98. The van der Waals surface area contributed by atoms with Gasteiger partial charge in [-0.3, -0.25) is 0 Å². The first kappa shape index (κ1) is 14.6. The molecule has 0 heterocycles. The van der Waals surface area contributed by atoms with E-state index in [1.807, 2.05) is 6.07 Å². The molecule has 3 heteroatoms. The molecule has 0 aliphatic carbocycles. The second-order valence-electron chi connectivity index (χ2n) is 4.91. The standard InChI is InChI=1S/C17H16FNS/c1-12-5-13(2)7-15(6-12)10-20-11-16-4-3-14(9-19)8-17(16)18/h3-8H,10-11H2,1-2H3. The average Bonchev–Trinajstić information content (AvgIpc) is 2.39. The molecule has 2 aromatic carbocycles. The average molecular weight is 285 g/mol. The van der Waals surface area contributed by atoms with Gasteiger partial charge < -0.3 is 0 Å². The number of thioether (sulfide) groups is 1. The maximum atomic E-state index is 13.7. The van der Waals surface area contributed by atoms with Crippen molar-refractivity contribution in [1.29, 1.82) is 5.26 Å². The monoisotopic (exact) mass is 285 g/mol. The van der Waals surface area contributed by atoms with Gasteiger partial charge in [0.2, 0.25) is 0 Å². The molecule has 0 aromatic heterocycles. The van der Waals surface area contributed by atoms with Crippen molar-refractivity contribution < 1.29 is 4.39 Å². The highest BCUT2D eigenvalue weighted by molar-refractivity contribution is 7.97. The number of benzene rings is 2. The molecule has 0 bridgehead atoms. The number of nitrogens with zero attached hydrogens (tertiary/aromatic N) is 1. The van der Waals surface area contributed by atoms with Crippen LogP contribution in [0.1, 0.15) is 27.8 Å². The van der Waals surface area contributed by atoms with E-state index in [1.165, 1.54) is 22.8 Å². The molecule has 1 nitrogen and oxygen atoms in total. The third-order valence-electron chi connectivity index (χ3n) is 2.99. The van der Waals surface area contributed by atoms with Gasteiger partial charge in [0, 0.05) is 11.5 Å². The van der Waals surface area contributed by atoms with E-state index in [2.05, 4.69) is 32.0 Å². The molecule has 20 heavy (non-hydrogen) atoms. The van der Waals surface area contributed by atoms with E-state index < -0.39 is 0 Å². The molecule has 102 valence electrons. The summed E-state index contributed by atoms with van der Waals surface area (Å²) in [5.41, 5.74) is 4.79. The number of rotatable bonds is 4. The topological polar surface area (TPSA) is 23.8 Å². The van der Waals surface area contributed by atoms with Gasteiger partial charge in [0.1, 0.15) is 5.82 Å². The van der Waals surface area contributed by atoms with Crippen LogP contribution in [0.4, 0.5) is 4.39 Å². The van der Waals surface area contributed by atoms with Gasteiger partial charge in [0.25, 0.3) is 0 Å². The van der Waals surface area contributed by atoms with Gasteiger partial charge in [-0.2, -0.15) is 17.0 Å². The molecule has 0 amide bonds. The van der Waals surface area contributed by atoms with E-state index >= 15 is 0 Å². The zero-order valence-corrected chi connectivity index (χ0v) is 12.4. The molecule has 0 radical (unpaired) electrons. The summed E-state index contributed by atoms with van der Waals surface area (Å²) in [7, 11) is 0. The Morgan fingerprint density at radius 1 is 1.05 bits per heavy atom. The van der Waals surface area contributed by atoms with Gasteiger partial charge in [0.15, 0.2) is 0 Å². The highest BCUT2D eigenvalue weighted by atomic mass is 32.2. The highest BCUT2D eigenvalue weighted by Crippen LogP contribution is 2.21. The van der Waals surface area contributed by atoms with Gasteiger partial charge >= 0.3 is 0 Å². The number of aryl methyl sites for hydroxylation is 2. The van der Waals surface area contributed by atoms with Crippen molar-refractivity contribution in [2.24, 2.45) is 0 Å². The lowest BCUT2D eigenvalue weighted by atomic mass is 10.1. The Bertz CT molecular complexity index is 638. The summed E-state index contributed by atoms with van der Waals surface area (Å²) in [4.78, 5) is 0. The smallest absolute Gasteiger partial charge is 0.128 e. The normalized spacial score (nSPS) is 10.3. The Morgan fingerprint density at radius 3 is 2.35 bits per heavy atom. The van der Waals surface area contributed by atoms with Crippen molar-refractivity contribution in [2.45, 2.75) is 25.4 Å². The first-order valence-electron chi connectivity index (χ1n) is 6.42. The van der Waals surface area contributed by atoms with Crippen LogP contribution in [0, 0.1) is 31.0 Å². The van der Waals surface area contributed by atoms with Crippen molar-refractivity contribution in [3.8, 4) is 6.07 Å². The minimum Gasteiger partial charge on any atom is -0.207 e. The second kappa shape index (κ2) is 6.58. The molecule has 0 saturated heterocycles. The SMILES string of the molecule is Cc1cc(C)cc(CSCc2ccc(C#N)cc2F)c1. The number of nitriles is 1. The van der Waals surface area contributed by atoms with Crippen LogP contribution in [-0.2, 0) is 11.5 Å². The summed E-state index contributed by atoms with van der Waals surface area (Å²) in [6.07, 6.45) is 0. The first-order chi connectivity index (χ1) is 9.58. The zero-order valence-electron chi connectivity index (χ0n) is 11.6. The maximum absolute atomic E-state index is 13.7. The molecule has 0 aliphatic rings. The molecule has 2 aromatic rings. The molecule has 0 N–H and O–H groups in total. The van der Waals surface area contributed by atoms with Gasteiger partial charge in [0.05, 0.1) is 11.6 Å². The fourth-order valence-corrected chi connectivity index (χ4v) is 3.12. The first-order valence-corrected chi connectivity index (χ1v) is 7.57. The number of halogens is 1. The van der Waals surface area contributed by atoms with Crippen molar-refractivity contribution in [3.63, 3.8) is 0 Å². The molecule has 2 rings (SSSR count). The van der Waals surface area contributed by atoms with Crippen molar-refractivity contribution >= 4 is 11.8 Å². The third kappa shape index (κ3) is 3.85. The van der Waals surface area contributed by atoms with Crippen LogP contribution in [0.2, 0.25) is 0 Å². The van der Waals surface area contributed by atoms with Crippen LogP contribution in [0.5, 0.6) is 0 Å². The summed E-state index contributed by atoms with van der Waals surface area (Å²) < 4.78 is 13.7. The summed E-state index contributed by atoms with van der Waals surface area (Å²) in [6, 6.07) is 13.1. The van der Waals surface area contributed by atoms with E-state index in [-0.39, 0.29) is 5.82 Å². The van der Waals surface area contributed by atoms with E-state index in [1.54, 1.807) is 23.9 Å². The predicted octanol–water partition coefficient (Wildman–Crippen LogP) is 4.75. The molecule has 0 saturated carbocycles. The van der Waals surface area contributed by atoms with Gasteiger partial charge in [-0.05, 0) is 37.1 Å². The molecule has 0 atom stereocenters. The van der Waals surface area contributed by atoms with Crippen LogP contribution < -0.4 is 0 Å². The lowest BCUT2D eigenvalue weighted by Gasteiger charge is -2.06. The van der Waals surface area contributed by atoms with Crippen molar-refractivity contribution in [2.75, 3.05) is 0 Å². The summed E-state index contributed by atoms with van der Waals surface area (Å²) in [5, 5.41) is 8.71. The molecule has 0 fully saturated rings. The molecule has 0 spiro atoms. The van der Waals surface area contributed by atoms with Gasteiger partial charge in [-0.1, -0.05) is 35.4 Å². The van der Waals surface area contributed by atoms with E-state index in [4.69, 9.17) is 5.26 Å². The minimum absolute atomic E-state index is 0.294. The van der Waals surface area contributed by atoms with E-state index in [0.717, 1.165) is 5.75 Å². The Morgan fingerprint density at radius 2 is 1.75 bits per heavy atom. The lowest BCUT2D eigenvalue weighted by molar-refractivity contribution is 0.617. The Hall–Kier alpha value is -1.79. The fraction of sp³-hybridized carbons (Fsp3) is 0.235. The van der Waals surface area contributed by atoms with E-state index in [9.17, 15) is 4.39 Å². The lowest BCUT2D eigenvalue weighted by Crippen LogP contribution is -1.91. The summed E-state index contributed by atoms with van der Waals surface area (Å²) in [6.45, 7) is 4.17.